The van der Waals surface area contributed by atoms with Crippen LogP contribution in [0.3, 0.4) is 0 Å². The highest BCUT2D eigenvalue weighted by molar-refractivity contribution is 6.29. The van der Waals surface area contributed by atoms with Crippen LogP contribution in [0.1, 0.15) is 10.4 Å². The highest BCUT2D eigenvalue weighted by Gasteiger charge is 2.10. The van der Waals surface area contributed by atoms with Gasteiger partial charge in [-0.1, -0.05) is 11.6 Å². The van der Waals surface area contributed by atoms with Crippen LogP contribution in [0.25, 0.3) is 0 Å². The number of phenolic OH excluding ortho intramolecular Hbond substituents is 2. The fourth-order valence-corrected chi connectivity index (χ4v) is 1.46. The molecule has 0 saturated carbocycles. The summed E-state index contributed by atoms with van der Waals surface area (Å²) in [5.74, 6) is -0.789. The maximum Gasteiger partial charge on any atom is 0.257 e. The Hall–Kier alpha value is -2.34. The summed E-state index contributed by atoms with van der Waals surface area (Å²) < 4.78 is 0. The molecular weight excluding hydrogens is 258 g/mol. The van der Waals surface area contributed by atoms with Gasteiger partial charge in [0.05, 0.1) is 12.4 Å². The summed E-state index contributed by atoms with van der Waals surface area (Å²) in [5.41, 5.74) is 0.0919. The van der Waals surface area contributed by atoms with E-state index < -0.39 is 5.91 Å². The number of amides is 1. The SMILES string of the molecule is O=C(Nc1cncc(Cl)n1)c1cc(O)cc(O)c1. The van der Waals surface area contributed by atoms with Crippen molar-refractivity contribution in [2.45, 2.75) is 0 Å². The van der Waals surface area contributed by atoms with Gasteiger partial charge in [0.2, 0.25) is 0 Å². The summed E-state index contributed by atoms with van der Waals surface area (Å²) in [6, 6.07) is 3.55. The number of benzene rings is 1. The van der Waals surface area contributed by atoms with Crippen molar-refractivity contribution >= 4 is 23.3 Å². The van der Waals surface area contributed by atoms with Gasteiger partial charge in [0, 0.05) is 11.6 Å². The fraction of sp³-hybridized carbons (Fsp3) is 0. The second-order valence-electron chi connectivity index (χ2n) is 3.42. The van der Waals surface area contributed by atoms with Gasteiger partial charge in [0.1, 0.15) is 16.7 Å². The van der Waals surface area contributed by atoms with Gasteiger partial charge < -0.3 is 15.5 Å². The molecule has 0 unspecified atom stereocenters. The second-order valence-corrected chi connectivity index (χ2v) is 3.81. The van der Waals surface area contributed by atoms with Crippen LogP contribution in [-0.2, 0) is 0 Å². The van der Waals surface area contributed by atoms with E-state index in [9.17, 15) is 15.0 Å². The molecule has 7 heteroatoms. The lowest BCUT2D eigenvalue weighted by molar-refractivity contribution is 0.102. The zero-order chi connectivity index (χ0) is 13.1. The molecule has 0 radical (unpaired) electrons. The van der Waals surface area contributed by atoms with Crippen LogP contribution in [0, 0.1) is 0 Å². The molecule has 0 spiro atoms. The van der Waals surface area contributed by atoms with Crippen LogP contribution in [0.5, 0.6) is 11.5 Å². The van der Waals surface area contributed by atoms with Crippen LogP contribution in [0.15, 0.2) is 30.6 Å². The highest BCUT2D eigenvalue weighted by atomic mass is 35.5. The standard InChI is InChI=1S/C11H8ClN3O3/c12-9-4-13-5-10(14-9)15-11(18)6-1-7(16)3-8(17)2-6/h1-5,16-17H,(H,14,15,18). The molecule has 1 aromatic carbocycles. The fourth-order valence-electron chi connectivity index (χ4n) is 1.32. The molecule has 1 amide bonds. The summed E-state index contributed by atoms with van der Waals surface area (Å²) in [6.07, 6.45) is 2.66. The van der Waals surface area contributed by atoms with Crippen molar-refractivity contribution in [1.82, 2.24) is 9.97 Å². The molecule has 92 valence electrons. The van der Waals surface area contributed by atoms with Crippen LogP contribution in [-0.4, -0.2) is 26.1 Å². The molecular formula is C11H8ClN3O3. The van der Waals surface area contributed by atoms with E-state index in [-0.39, 0.29) is 28.0 Å². The molecule has 0 aliphatic heterocycles. The quantitative estimate of drug-likeness (QED) is 0.769. The van der Waals surface area contributed by atoms with E-state index in [0.717, 1.165) is 6.07 Å². The largest absolute Gasteiger partial charge is 0.508 e. The van der Waals surface area contributed by atoms with E-state index in [2.05, 4.69) is 15.3 Å². The summed E-state index contributed by atoms with van der Waals surface area (Å²) >= 11 is 5.62. The Balaban J connectivity index is 2.22. The molecule has 3 N–H and O–H groups in total. The van der Waals surface area contributed by atoms with Crippen molar-refractivity contribution in [2.24, 2.45) is 0 Å². The van der Waals surface area contributed by atoms with Crippen LogP contribution in [0.2, 0.25) is 5.15 Å². The van der Waals surface area contributed by atoms with Gasteiger partial charge in [-0.3, -0.25) is 9.78 Å². The number of carbonyl (C=O) groups is 1. The molecule has 6 nitrogen and oxygen atoms in total. The number of aromatic hydroxyl groups is 2. The molecule has 18 heavy (non-hydrogen) atoms. The van der Waals surface area contributed by atoms with Crippen molar-refractivity contribution < 1.29 is 15.0 Å². The summed E-state index contributed by atoms with van der Waals surface area (Å²) in [6.45, 7) is 0. The molecule has 0 atom stereocenters. The van der Waals surface area contributed by atoms with Crippen molar-refractivity contribution in [2.75, 3.05) is 5.32 Å². The first kappa shape index (κ1) is 12.1. The Kier molecular flexibility index (Phi) is 3.29. The van der Waals surface area contributed by atoms with E-state index in [1.807, 2.05) is 0 Å². The van der Waals surface area contributed by atoms with E-state index >= 15 is 0 Å². The van der Waals surface area contributed by atoms with Crippen molar-refractivity contribution in [3.8, 4) is 11.5 Å². The van der Waals surface area contributed by atoms with Crippen LogP contribution >= 0.6 is 11.6 Å². The average Bonchev–Trinajstić information content (AvgIpc) is 2.27. The first-order valence-corrected chi connectivity index (χ1v) is 5.24. The third-order valence-electron chi connectivity index (χ3n) is 2.01. The Labute approximate surface area is 107 Å². The topological polar surface area (TPSA) is 95.3 Å². The molecule has 0 saturated heterocycles. The Morgan fingerprint density at radius 1 is 1.17 bits per heavy atom. The Bertz CT molecular complexity index is 584. The maximum atomic E-state index is 11.8. The third-order valence-corrected chi connectivity index (χ3v) is 2.19. The zero-order valence-corrected chi connectivity index (χ0v) is 9.72. The number of aromatic nitrogens is 2. The van der Waals surface area contributed by atoms with Crippen molar-refractivity contribution in [3.05, 3.63) is 41.3 Å². The number of phenols is 2. The maximum absolute atomic E-state index is 11.8. The lowest BCUT2D eigenvalue weighted by atomic mass is 10.2. The van der Waals surface area contributed by atoms with Gasteiger partial charge in [-0.2, -0.15) is 0 Å². The van der Waals surface area contributed by atoms with Gasteiger partial charge in [0.25, 0.3) is 5.91 Å². The lowest BCUT2D eigenvalue weighted by Gasteiger charge is -2.05. The number of carbonyl (C=O) groups excluding carboxylic acids is 1. The van der Waals surface area contributed by atoms with Crippen molar-refractivity contribution in [1.29, 1.82) is 0 Å². The number of halogens is 1. The summed E-state index contributed by atoms with van der Waals surface area (Å²) in [7, 11) is 0. The van der Waals surface area contributed by atoms with Gasteiger partial charge in [-0.15, -0.1) is 0 Å². The lowest BCUT2D eigenvalue weighted by Crippen LogP contribution is -2.13. The number of nitrogens with one attached hydrogen (secondary N) is 1. The number of hydrogen-bond donors (Lipinski definition) is 3. The Morgan fingerprint density at radius 2 is 1.83 bits per heavy atom. The van der Waals surface area contributed by atoms with Gasteiger partial charge in [0.15, 0.2) is 5.82 Å². The molecule has 0 bridgehead atoms. The number of anilines is 1. The van der Waals surface area contributed by atoms with Gasteiger partial charge in [-0.05, 0) is 12.1 Å². The molecule has 1 heterocycles. The van der Waals surface area contributed by atoms with Crippen molar-refractivity contribution in [3.63, 3.8) is 0 Å². The predicted octanol–water partition coefficient (Wildman–Crippen LogP) is 1.79. The molecule has 0 fully saturated rings. The molecule has 0 aliphatic rings. The Morgan fingerprint density at radius 3 is 2.44 bits per heavy atom. The molecule has 1 aromatic heterocycles. The highest BCUT2D eigenvalue weighted by Crippen LogP contribution is 2.21. The van der Waals surface area contributed by atoms with Crippen LogP contribution in [0.4, 0.5) is 5.82 Å². The van der Waals surface area contributed by atoms with E-state index in [1.165, 1.54) is 24.5 Å². The van der Waals surface area contributed by atoms with Gasteiger partial charge >= 0.3 is 0 Å². The first-order chi connectivity index (χ1) is 8.54. The smallest absolute Gasteiger partial charge is 0.257 e. The molecule has 2 aromatic rings. The van der Waals surface area contributed by atoms with E-state index in [1.54, 1.807) is 0 Å². The number of nitrogens with zero attached hydrogens (tertiary/aromatic N) is 2. The monoisotopic (exact) mass is 265 g/mol. The third kappa shape index (κ3) is 2.86. The average molecular weight is 266 g/mol. The molecule has 2 rings (SSSR count). The van der Waals surface area contributed by atoms with E-state index in [4.69, 9.17) is 11.6 Å². The minimum Gasteiger partial charge on any atom is -0.508 e. The summed E-state index contributed by atoms with van der Waals surface area (Å²) in [5, 5.41) is 21.1. The van der Waals surface area contributed by atoms with E-state index in [0.29, 0.717) is 0 Å². The number of rotatable bonds is 2. The number of hydrogen-bond acceptors (Lipinski definition) is 5. The molecule has 0 aliphatic carbocycles. The van der Waals surface area contributed by atoms with Gasteiger partial charge in [-0.25, -0.2) is 4.98 Å². The summed E-state index contributed by atoms with van der Waals surface area (Å²) in [4.78, 5) is 19.4. The predicted molar refractivity (Wildman–Crippen MR) is 64.8 cm³/mol. The zero-order valence-electron chi connectivity index (χ0n) is 8.96. The normalized spacial score (nSPS) is 10.1. The minimum absolute atomic E-state index is 0.0919. The second kappa shape index (κ2) is 4.89. The minimum atomic E-state index is -0.544. The van der Waals surface area contributed by atoms with Crippen LogP contribution < -0.4 is 5.32 Å². The first-order valence-electron chi connectivity index (χ1n) is 4.86.